The Morgan fingerprint density at radius 2 is 2.33 bits per heavy atom. The normalized spacial score (nSPS) is 9.53. The number of carbonyl (C=O) groups is 1. The summed E-state index contributed by atoms with van der Waals surface area (Å²) in [6.45, 7) is 4.46. The van der Waals surface area contributed by atoms with Gasteiger partial charge in [-0.1, -0.05) is 23.3 Å². The van der Waals surface area contributed by atoms with E-state index in [-0.39, 0.29) is 11.1 Å². The van der Waals surface area contributed by atoms with Crippen molar-refractivity contribution in [1.82, 2.24) is 10.3 Å². The zero-order chi connectivity index (χ0) is 11.3. The van der Waals surface area contributed by atoms with Crippen LogP contribution in [0.15, 0.2) is 30.0 Å². The molecule has 0 bridgehead atoms. The van der Waals surface area contributed by atoms with E-state index >= 15 is 0 Å². The summed E-state index contributed by atoms with van der Waals surface area (Å²) in [5.41, 5.74) is 1.56. The molecule has 0 saturated carbocycles. The zero-order valence-corrected chi connectivity index (χ0v) is 9.51. The molecule has 3 nitrogen and oxygen atoms in total. The van der Waals surface area contributed by atoms with Crippen molar-refractivity contribution in [2.24, 2.45) is 0 Å². The van der Waals surface area contributed by atoms with E-state index in [1.165, 1.54) is 0 Å². The lowest BCUT2D eigenvalue weighted by Crippen LogP contribution is -2.23. The summed E-state index contributed by atoms with van der Waals surface area (Å²) in [7, 11) is 0. The van der Waals surface area contributed by atoms with Crippen molar-refractivity contribution in [3.63, 3.8) is 0 Å². The van der Waals surface area contributed by atoms with Gasteiger partial charge in [0.25, 0.3) is 5.91 Å². The summed E-state index contributed by atoms with van der Waals surface area (Å²) in [5.74, 6) is -0.203. The Morgan fingerprint density at radius 1 is 1.60 bits per heavy atom. The fraction of sp³-hybridized carbons (Fsp3) is 0.273. The maximum atomic E-state index is 11.6. The standard InChI is InChI=1S/C11H13ClN2O/c1-8(2)5-7-14-11(15)9-4-3-6-13-10(9)12/h3-6H,7H2,1-2H3,(H,14,15). The van der Waals surface area contributed by atoms with Crippen LogP contribution < -0.4 is 5.32 Å². The molecule has 0 aliphatic carbocycles. The molecule has 4 heteroatoms. The van der Waals surface area contributed by atoms with Gasteiger partial charge in [0.15, 0.2) is 0 Å². The van der Waals surface area contributed by atoms with E-state index in [0.717, 1.165) is 5.57 Å². The SMILES string of the molecule is CC(C)=CCNC(=O)c1cccnc1Cl. The van der Waals surface area contributed by atoms with Gasteiger partial charge in [-0.2, -0.15) is 0 Å². The Balaban J connectivity index is 2.62. The molecule has 1 aromatic rings. The van der Waals surface area contributed by atoms with Gasteiger partial charge in [0, 0.05) is 12.7 Å². The molecule has 0 aliphatic rings. The minimum absolute atomic E-state index is 0.203. The van der Waals surface area contributed by atoms with Crippen molar-refractivity contribution in [1.29, 1.82) is 0 Å². The van der Waals surface area contributed by atoms with Gasteiger partial charge >= 0.3 is 0 Å². The minimum atomic E-state index is -0.203. The number of nitrogens with zero attached hydrogens (tertiary/aromatic N) is 1. The van der Waals surface area contributed by atoms with E-state index in [0.29, 0.717) is 12.1 Å². The first-order chi connectivity index (χ1) is 7.11. The molecule has 15 heavy (non-hydrogen) atoms. The highest BCUT2D eigenvalue weighted by atomic mass is 35.5. The third-order valence-electron chi connectivity index (χ3n) is 1.78. The maximum Gasteiger partial charge on any atom is 0.254 e. The van der Waals surface area contributed by atoms with Crippen LogP contribution in [0.3, 0.4) is 0 Å². The van der Waals surface area contributed by atoms with Gasteiger partial charge in [-0.05, 0) is 26.0 Å². The first-order valence-corrected chi connectivity index (χ1v) is 5.01. The molecule has 1 rings (SSSR count). The minimum Gasteiger partial charge on any atom is -0.348 e. The molecular formula is C11H13ClN2O. The number of rotatable bonds is 3. The van der Waals surface area contributed by atoms with Crippen LogP contribution in [0.2, 0.25) is 5.15 Å². The van der Waals surface area contributed by atoms with E-state index in [2.05, 4.69) is 10.3 Å². The molecule has 0 radical (unpaired) electrons. The lowest BCUT2D eigenvalue weighted by atomic mass is 10.2. The highest BCUT2D eigenvalue weighted by Gasteiger charge is 2.08. The first kappa shape index (κ1) is 11.7. The van der Waals surface area contributed by atoms with Crippen LogP contribution >= 0.6 is 11.6 Å². The van der Waals surface area contributed by atoms with Crippen LogP contribution in [-0.2, 0) is 0 Å². The van der Waals surface area contributed by atoms with Crippen LogP contribution in [0, 0.1) is 0 Å². The number of halogens is 1. The molecule has 1 heterocycles. The monoisotopic (exact) mass is 224 g/mol. The van der Waals surface area contributed by atoms with E-state index in [9.17, 15) is 4.79 Å². The summed E-state index contributed by atoms with van der Waals surface area (Å²) < 4.78 is 0. The lowest BCUT2D eigenvalue weighted by molar-refractivity contribution is 0.0958. The fourth-order valence-electron chi connectivity index (χ4n) is 0.998. The van der Waals surface area contributed by atoms with Gasteiger partial charge in [-0.3, -0.25) is 4.79 Å². The third-order valence-corrected chi connectivity index (χ3v) is 2.08. The van der Waals surface area contributed by atoms with Crippen molar-refractivity contribution in [3.05, 3.63) is 40.7 Å². The molecule has 1 amide bonds. The highest BCUT2D eigenvalue weighted by molar-refractivity contribution is 6.32. The number of carbonyl (C=O) groups excluding carboxylic acids is 1. The molecule has 0 unspecified atom stereocenters. The number of hydrogen-bond acceptors (Lipinski definition) is 2. The van der Waals surface area contributed by atoms with Gasteiger partial charge in [-0.25, -0.2) is 4.98 Å². The van der Waals surface area contributed by atoms with Gasteiger partial charge in [0.2, 0.25) is 0 Å². The fourth-order valence-corrected chi connectivity index (χ4v) is 1.20. The number of amides is 1. The number of aromatic nitrogens is 1. The largest absolute Gasteiger partial charge is 0.348 e. The number of pyridine rings is 1. The Morgan fingerprint density at radius 3 is 2.93 bits per heavy atom. The average Bonchev–Trinajstić information content (AvgIpc) is 2.17. The predicted molar refractivity (Wildman–Crippen MR) is 61.0 cm³/mol. The third kappa shape index (κ3) is 3.72. The molecule has 0 spiro atoms. The molecule has 0 saturated heterocycles. The van der Waals surface area contributed by atoms with Crippen LogP contribution in [0.5, 0.6) is 0 Å². The molecule has 1 aromatic heterocycles. The van der Waals surface area contributed by atoms with E-state index in [4.69, 9.17) is 11.6 Å². The maximum absolute atomic E-state index is 11.6. The predicted octanol–water partition coefficient (Wildman–Crippen LogP) is 2.43. The zero-order valence-electron chi connectivity index (χ0n) is 8.75. The molecule has 0 aromatic carbocycles. The van der Waals surface area contributed by atoms with Gasteiger partial charge < -0.3 is 5.32 Å². The average molecular weight is 225 g/mol. The van der Waals surface area contributed by atoms with E-state index < -0.39 is 0 Å². The van der Waals surface area contributed by atoms with Crippen molar-refractivity contribution in [3.8, 4) is 0 Å². The number of nitrogens with one attached hydrogen (secondary N) is 1. The van der Waals surface area contributed by atoms with Crippen LogP contribution in [0.25, 0.3) is 0 Å². The molecule has 0 atom stereocenters. The Kier molecular flexibility index (Phi) is 4.31. The molecule has 0 fully saturated rings. The van der Waals surface area contributed by atoms with Crippen LogP contribution in [0.4, 0.5) is 0 Å². The summed E-state index contributed by atoms with van der Waals surface area (Å²) in [5, 5.41) is 2.96. The van der Waals surface area contributed by atoms with Crippen LogP contribution in [-0.4, -0.2) is 17.4 Å². The van der Waals surface area contributed by atoms with Crippen molar-refractivity contribution in [2.75, 3.05) is 6.54 Å². The summed E-state index contributed by atoms with van der Waals surface area (Å²) in [4.78, 5) is 15.4. The molecule has 0 aliphatic heterocycles. The summed E-state index contributed by atoms with van der Waals surface area (Å²) in [6, 6.07) is 3.33. The van der Waals surface area contributed by atoms with Gasteiger partial charge in [-0.15, -0.1) is 0 Å². The number of hydrogen-bond donors (Lipinski definition) is 1. The summed E-state index contributed by atoms with van der Waals surface area (Å²) in [6.07, 6.45) is 3.48. The smallest absolute Gasteiger partial charge is 0.254 e. The molecule has 80 valence electrons. The highest BCUT2D eigenvalue weighted by Crippen LogP contribution is 2.10. The second-order valence-electron chi connectivity index (χ2n) is 3.33. The van der Waals surface area contributed by atoms with Crippen molar-refractivity contribution in [2.45, 2.75) is 13.8 Å². The Bertz CT molecular complexity index is 384. The number of allylic oxidation sites excluding steroid dienone is 1. The lowest BCUT2D eigenvalue weighted by Gasteiger charge is -2.03. The van der Waals surface area contributed by atoms with Crippen LogP contribution in [0.1, 0.15) is 24.2 Å². The Hall–Kier alpha value is -1.35. The molecule has 1 N–H and O–H groups in total. The quantitative estimate of drug-likeness (QED) is 0.633. The van der Waals surface area contributed by atoms with E-state index in [1.54, 1.807) is 18.3 Å². The second kappa shape index (κ2) is 5.51. The Labute approximate surface area is 94.2 Å². The van der Waals surface area contributed by atoms with Gasteiger partial charge in [0.1, 0.15) is 5.15 Å². The van der Waals surface area contributed by atoms with Gasteiger partial charge in [0.05, 0.1) is 5.56 Å². The van der Waals surface area contributed by atoms with Crippen molar-refractivity contribution >= 4 is 17.5 Å². The summed E-state index contributed by atoms with van der Waals surface area (Å²) >= 11 is 5.77. The second-order valence-corrected chi connectivity index (χ2v) is 3.69. The topological polar surface area (TPSA) is 42.0 Å². The van der Waals surface area contributed by atoms with E-state index in [1.807, 2.05) is 19.9 Å². The molecular weight excluding hydrogens is 212 g/mol. The first-order valence-electron chi connectivity index (χ1n) is 4.63. The van der Waals surface area contributed by atoms with Crippen molar-refractivity contribution < 1.29 is 4.79 Å².